The number of amides is 1. The summed E-state index contributed by atoms with van der Waals surface area (Å²) in [6, 6.07) is 4.51. The van der Waals surface area contributed by atoms with E-state index in [1.165, 1.54) is 44.9 Å². The highest BCUT2D eigenvalue weighted by molar-refractivity contribution is 6.01. The highest BCUT2D eigenvalue weighted by Gasteiger charge is 2.20. The molecule has 0 bridgehead atoms. The lowest BCUT2D eigenvalue weighted by atomic mass is 9.95. The van der Waals surface area contributed by atoms with Gasteiger partial charge in [-0.05, 0) is 44.4 Å². The summed E-state index contributed by atoms with van der Waals surface area (Å²) in [5.41, 5.74) is 5.45. The first-order valence-electron chi connectivity index (χ1n) is 7.72. The summed E-state index contributed by atoms with van der Waals surface area (Å²) in [7, 11) is 1.35. The Hall–Kier alpha value is -2.06. The number of hydroxylamine groups is 1. The van der Waals surface area contributed by atoms with E-state index in [9.17, 15) is 4.79 Å². The monoisotopic (exact) mass is 301 g/mol. The predicted octanol–water partition coefficient (Wildman–Crippen LogP) is 3.19. The third-order valence-electron chi connectivity index (χ3n) is 4.32. The van der Waals surface area contributed by atoms with Crippen molar-refractivity contribution >= 4 is 12.0 Å². The molecule has 118 valence electrons. The maximum absolute atomic E-state index is 11.7. The topological polar surface area (TPSA) is 67.0 Å². The van der Waals surface area contributed by atoms with Crippen LogP contribution in [0.1, 0.15) is 55.1 Å². The summed E-state index contributed by atoms with van der Waals surface area (Å²) in [4.78, 5) is 16.3. The fourth-order valence-corrected chi connectivity index (χ4v) is 3.30. The van der Waals surface area contributed by atoms with E-state index >= 15 is 0 Å². The summed E-state index contributed by atoms with van der Waals surface area (Å²) in [6.45, 7) is 4.14. The van der Waals surface area contributed by atoms with Crippen LogP contribution in [0.5, 0.6) is 0 Å². The Kier molecular flexibility index (Phi) is 5.40. The number of nitrogens with zero attached hydrogens (tertiary/aromatic N) is 2. The maximum atomic E-state index is 11.7. The van der Waals surface area contributed by atoms with Gasteiger partial charge in [0.2, 0.25) is 0 Å². The van der Waals surface area contributed by atoms with E-state index in [-0.39, 0.29) is 5.57 Å². The van der Waals surface area contributed by atoms with Gasteiger partial charge < -0.3 is 4.57 Å². The molecule has 1 aliphatic carbocycles. The Labute approximate surface area is 131 Å². The third kappa shape index (κ3) is 3.40. The van der Waals surface area contributed by atoms with Crippen molar-refractivity contribution in [3.05, 3.63) is 28.6 Å². The minimum atomic E-state index is -0.521. The molecule has 1 aromatic rings. The molecule has 5 nitrogen and oxygen atoms in total. The molecule has 0 spiro atoms. The molecule has 0 aliphatic heterocycles. The molecule has 1 heterocycles. The minimum Gasteiger partial charge on any atom is -0.346 e. The van der Waals surface area contributed by atoms with E-state index in [0.29, 0.717) is 6.04 Å². The normalized spacial score (nSPS) is 16.4. The molecule has 1 amide bonds. The van der Waals surface area contributed by atoms with Crippen molar-refractivity contribution in [2.45, 2.75) is 52.0 Å². The summed E-state index contributed by atoms with van der Waals surface area (Å²) in [6.07, 6.45) is 7.90. The van der Waals surface area contributed by atoms with Gasteiger partial charge in [0.1, 0.15) is 11.6 Å². The van der Waals surface area contributed by atoms with Gasteiger partial charge >= 0.3 is 0 Å². The quantitative estimate of drug-likeness (QED) is 0.527. The van der Waals surface area contributed by atoms with Gasteiger partial charge in [0, 0.05) is 17.4 Å². The number of nitrogens with one attached hydrogen (secondary N) is 1. The van der Waals surface area contributed by atoms with Gasteiger partial charge in [-0.2, -0.15) is 5.26 Å². The van der Waals surface area contributed by atoms with Gasteiger partial charge in [0.25, 0.3) is 5.91 Å². The zero-order chi connectivity index (χ0) is 16.1. The molecule has 0 aromatic carbocycles. The largest absolute Gasteiger partial charge is 0.346 e. The molecular weight excluding hydrogens is 278 g/mol. The molecule has 0 unspecified atom stereocenters. The van der Waals surface area contributed by atoms with E-state index in [1.54, 1.807) is 6.08 Å². The molecule has 0 saturated heterocycles. The van der Waals surface area contributed by atoms with Crippen molar-refractivity contribution in [1.29, 1.82) is 5.26 Å². The Balaban J connectivity index is 2.33. The number of aryl methyl sites for hydroxylation is 1. The molecule has 1 fully saturated rings. The average Bonchev–Trinajstić information content (AvgIpc) is 2.80. The van der Waals surface area contributed by atoms with Crippen molar-refractivity contribution in [3.63, 3.8) is 0 Å². The van der Waals surface area contributed by atoms with Crippen LogP contribution in [0.3, 0.4) is 0 Å². The molecule has 1 aliphatic rings. The lowest BCUT2D eigenvalue weighted by Gasteiger charge is -2.26. The number of aromatic nitrogens is 1. The Morgan fingerprint density at radius 3 is 2.68 bits per heavy atom. The van der Waals surface area contributed by atoms with Crippen LogP contribution in [-0.4, -0.2) is 17.6 Å². The van der Waals surface area contributed by atoms with Crippen molar-refractivity contribution in [3.8, 4) is 6.07 Å². The maximum Gasteiger partial charge on any atom is 0.285 e. The Morgan fingerprint density at radius 2 is 2.09 bits per heavy atom. The van der Waals surface area contributed by atoms with Crippen LogP contribution in [0.15, 0.2) is 11.6 Å². The van der Waals surface area contributed by atoms with Crippen LogP contribution in [0.25, 0.3) is 6.08 Å². The minimum absolute atomic E-state index is 0.0470. The molecule has 5 heteroatoms. The fourth-order valence-electron chi connectivity index (χ4n) is 3.30. The van der Waals surface area contributed by atoms with Gasteiger partial charge in [-0.1, -0.05) is 19.3 Å². The van der Waals surface area contributed by atoms with E-state index in [1.807, 2.05) is 12.1 Å². The molecule has 0 atom stereocenters. The van der Waals surface area contributed by atoms with Crippen molar-refractivity contribution < 1.29 is 9.63 Å². The van der Waals surface area contributed by atoms with Gasteiger partial charge in [-0.15, -0.1) is 0 Å². The molecular formula is C17H23N3O2. The second kappa shape index (κ2) is 7.28. The van der Waals surface area contributed by atoms with Crippen LogP contribution in [-0.2, 0) is 9.63 Å². The van der Waals surface area contributed by atoms with Crippen LogP contribution < -0.4 is 5.48 Å². The molecule has 1 N–H and O–H groups in total. The molecule has 1 saturated carbocycles. The standard InChI is InChI=1S/C17H23N3O2/c1-12-9-14(10-15(11-18)17(21)19-22-3)13(2)20(12)16-7-5-4-6-8-16/h9-10,16H,4-8H2,1-3H3,(H,19,21)/b15-10+. The number of nitriles is 1. The Bertz CT molecular complexity index is 617. The smallest absolute Gasteiger partial charge is 0.285 e. The number of carbonyl (C=O) groups excluding carboxylic acids is 1. The Morgan fingerprint density at radius 1 is 1.41 bits per heavy atom. The molecule has 0 radical (unpaired) electrons. The zero-order valence-corrected chi connectivity index (χ0v) is 13.5. The second-order valence-electron chi connectivity index (χ2n) is 5.79. The number of rotatable bonds is 4. The van der Waals surface area contributed by atoms with Crippen LogP contribution in [0.2, 0.25) is 0 Å². The summed E-state index contributed by atoms with van der Waals surface area (Å²) in [5.74, 6) is -0.521. The molecule has 1 aromatic heterocycles. The predicted molar refractivity (Wildman–Crippen MR) is 84.8 cm³/mol. The third-order valence-corrected chi connectivity index (χ3v) is 4.32. The molecule has 22 heavy (non-hydrogen) atoms. The number of carbonyl (C=O) groups is 1. The van der Waals surface area contributed by atoms with Gasteiger partial charge in [-0.3, -0.25) is 9.63 Å². The first kappa shape index (κ1) is 16.3. The van der Waals surface area contributed by atoms with E-state index in [2.05, 4.69) is 28.7 Å². The summed E-state index contributed by atoms with van der Waals surface area (Å²) >= 11 is 0. The van der Waals surface area contributed by atoms with E-state index < -0.39 is 5.91 Å². The highest BCUT2D eigenvalue weighted by atomic mass is 16.6. The summed E-state index contributed by atoms with van der Waals surface area (Å²) < 4.78 is 2.36. The van der Waals surface area contributed by atoms with Crippen LogP contribution in [0, 0.1) is 25.2 Å². The number of hydrogen-bond donors (Lipinski definition) is 1. The number of hydrogen-bond acceptors (Lipinski definition) is 3. The van der Waals surface area contributed by atoms with Crippen LogP contribution in [0.4, 0.5) is 0 Å². The van der Waals surface area contributed by atoms with Crippen molar-refractivity contribution in [2.75, 3.05) is 7.11 Å². The van der Waals surface area contributed by atoms with E-state index in [0.717, 1.165) is 11.3 Å². The molecule has 2 rings (SSSR count). The van der Waals surface area contributed by atoms with Gasteiger partial charge in [-0.25, -0.2) is 5.48 Å². The second-order valence-corrected chi connectivity index (χ2v) is 5.79. The summed E-state index contributed by atoms with van der Waals surface area (Å²) in [5, 5.41) is 9.16. The highest BCUT2D eigenvalue weighted by Crippen LogP contribution is 2.32. The zero-order valence-electron chi connectivity index (χ0n) is 13.5. The van der Waals surface area contributed by atoms with Crippen molar-refractivity contribution in [2.24, 2.45) is 0 Å². The van der Waals surface area contributed by atoms with Crippen LogP contribution >= 0.6 is 0 Å². The van der Waals surface area contributed by atoms with Gasteiger partial charge in [0.05, 0.1) is 7.11 Å². The van der Waals surface area contributed by atoms with E-state index in [4.69, 9.17) is 5.26 Å². The van der Waals surface area contributed by atoms with Crippen molar-refractivity contribution in [1.82, 2.24) is 10.0 Å². The SMILES string of the molecule is CONC(=O)/C(C#N)=C/c1cc(C)n(C2CCCCC2)c1C. The van der Waals surface area contributed by atoms with Gasteiger partial charge in [0.15, 0.2) is 0 Å². The lowest BCUT2D eigenvalue weighted by molar-refractivity contribution is -0.126. The lowest BCUT2D eigenvalue weighted by Crippen LogP contribution is -2.22. The fraction of sp³-hybridized carbons (Fsp3) is 0.529. The first-order valence-corrected chi connectivity index (χ1v) is 7.72. The average molecular weight is 301 g/mol. The first-order chi connectivity index (χ1) is 10.6.